The maximum atomic E-state index is 5.25. The summed E-state index contributed by atoms with van der Waals surface area (Å²) in [6.45, 7) is 4.68. The van der Waals surface area contributed by atoms with Gasteiger partial charge in [-0.2, -0.15) is 0 Å². The SMILES string of the molecule is CC1(C)c2ccccc2-c2ccc(-c3cccc4ccc(-c5nc(-c6ccc7c(ccc8ccccc87)c6)nc(-c6ccc7c(ccc8ccccc87)c6)n5)cc34)cc21. The van der Waals surface area contributed by atoms with Crippen molar-refractivity contribution in [3.05, 3.63) is 199 Å². The zero-order chi connectivity index (χ0) is 39.2. The molecule has 0 bridgehead atoms. The van der Waals surface area contributed by atoms with E-state index in [9.17, 15) is 0 Å². The van der Waals surface area contributed by atoms with Crippen LogP contribution in [0, 0.1) is 0 Å². The Morgan fingerprint density at radius 1 is 0.288 bits per heavy atom. The largest absolute Gasteiger partial charge is 0.208 e. The molecule has 0 saturated heterocycles. The summed E-state index contributed by atoms with van der Waals surface area (Å²) in [5, 5.41) is 12.0. The summed E-state index contributed by atoms with van der Waals surface area (Å²) in [4.78, 5) is 15.7. The number of rotatable bonds is 4. The van der Waals surface area contributed by atoms with Crippen LogP contribution in [0.2, 0.25) is 0 Å². The van der Waals surface area contributed by atoms with Crippen molar-refractivity contribution in [3.8, 4) is 56.4 Å². The van der Waals surface area contributed by atoms with Gasteiger partial charge in [-0.3, -0.25) is 0 Å². The van der Waals surface area contributed by atoms with Gasteiger partial charge in [-0.1, -0.05) is 178 Å². The van der Waals surface area contributed by atoms with E-state index in [-0.39, 0.29) is 5.41 Å². The van der Waals surface area contributed by atoms with Gasteiger partial charge in [-0.25, -0.2) is 15.0 Å². The van der Waals surface area contributed by atoms with Gasteiger partial charge in [0.25, 0.3) is 0 Å². The van der Waals surface area contributed by atoms with Gasteiger partial charge < -0.3 is 0 Å². The van der Waals surface area contributed by atoms with Gasteiger partial charge in [-0.15, -0.1) is 0 Å². The summed E-state index contributed by atoms with van der Waals surface area (Å²) in [6.07, 6.45) is 0. The van der Waals surface area contributed by atoms with Gasteiger partial charge in [0.05, 0.1) is 0 Å². The molecule has 0 atom stereocenters. The van der Waals surface area contributed by atoms with E-state index in [4.69, 9.17) is 15.0 Å². The molecule has 0 fully saturated rings. The molecule has 12 rings (SSSR count). The minimum atomic E-state index is -0.0823. The Bertz CT molecular complexity index is 3410. The Morgan fingerprint density at radius 2 is 0.729 bits per heavy atom. The summed E-state index contributed by atoms with van der Waals surface area (Å²) in [6, 6.07) is 68.0. The molecule has 1 heterocycles. The molecule has 0 N–H and O–H groups in total. The highest BCUT2D eigenvalue weighted by molar-refractivity contribution is 6.09. The number of nitrogens with zero attached hydrogens (tertiary/aromatic N) is 3. The molecule has 0 amide bonds. The molecule has 59 heavy (non-hydrogen) atoms. The number of hydrogen-bond acceptors (Lipinski definition) is 3. The molecule has 0 saturated carbocycles. The standard InChI is InChI=1S/C56H37N3/c1-56(2)51-17-8-7-15-48(51)49-29-24-39(33-52(49)56)45-16-9-12-36-20-23-42(32-50(36)45)55-58-53(40-25-27-46-37(30-40)21-18-34-10-3-5-13-43(34)46)57-54(59-55)41-26-28-47-38(31-41)22-19-35-11-4-6-14-44(35)47/h3-33H,1-2H3. The topological polar surface area (TPSA) is 38.7 Å². The molecule has 3 heteroatoms. The molecule has 0 aliphatic heterocycles. The second kappa shape index (κ2) is 12.8. The predicted octanol–water partition coefficient (Wildman–Crippen LogP) is 14.6. The summed E-state index contributed by atoms with van der Waals surface area (Å²) >= 11 is 0. The number of benzene rings is 10. The van der Waals surface area contributed by atoms with Crippen molar-refractivity contribution in [2.45, 2.75) is 19.3 Å². The first-order valence-corrected chi connectivity index (χ1v) is 20.3. The lowest BCUT2D eigenvalue weighted by atomic mass is 9.81. The van der Waals surface area contributed by atoms with Gasteiger partial charge >= 0.3 is 0 Å². The quantitative estimate of drug-likeness (QED) is 0.168. The van der Waals surface area contributed by atoms with Gasteiger partial charge in [0.15, 0.2) is 17.5 Å². The number of fused-ring (bicyclic) bond motifs is 10. The predicted molar refractivity (Wildman–Crippen MR) is 247 cm³/mol. The maximum absolute atomic E-state index is 5.25. The van der Waals surface area contributed by atoms with Crippen molar-refractivity contribution in [2.75, 3.05) is 0 Å². The highest BCUT2D eigenvalue weighted by Crippen LogP contribution is 2.50. The van der Waals surface area contributed by atoms with E-state index in [2.05, 4.69) is 202 Å². The van der Waals surface area contributed by atoms with Crippen LogP contribution in [0.5, 0.6) is 0 Å². The first-order valence-electron chi connectivity index (χ1n) is 20.3. The smallest absolute Gasteiger partial charge is 0.164 e. The van der Waals surface area contributed by atoms with E-state index >= 15 is 0 Å². The fourth-order valence-corrected chi connectivity index (χ4v) is 9.60. The molecule has 1 aromatic heterocycles. The Balaban J connectivity index is 1.03. The van der Waals surface area contributed by atoms with Crippen LogP contribution >= 0.6 is 0 Å². The van der Waals surface area contributed by atoms with Gasteiger partial charge in [0.2, 0.25) is 0 Å². The normalized spacial score (nSPS) is 13.1. The average Bonchev–Trinajstić information content (AvgIpc) is 3.53. The lowest BCUT2D eigenvalue weighted by Gasteiger charge is -2.22. The van der Waals surface area contributed by atoms with E-state index in [1.807, 2.05) is 0 Å². The highest BCUT2D eigenvalue weighted by Gasteiger charge is 2.35. The van der Waals surface area contributed by atoms with Crippen molar-refractivity contribution in [1.29, 1.82) is 0 Å². The van der Waals surface area contributed by atoms with Crippen LogP contribution in [0.15, 0.2) is 188 Å². The Morgan fingerprint density at radius 3 is 1.39 bits per heavy atom. The fraction of sp³-hybridized carbons (Fsp3) is 0.0536. The molecule has 10 aromatic carbocycles. The summed E-state index contributed by atoms with van der Waals surface area (Å²) in [5.41, 5.74) is 10.6. The van der Waals surface area contributed by atoms with E-state index < -0.39 is 0 Å². The van der Waals surface area contributed by atoms with Gasteiger partial charge in [0, 0.05) is 22.1 Å². The molecule has 3 nitrogen and oxygen atoms in total. The third-order valence-corrected chi connectivity index (χ3v) is 12.7. The van der Waals surface area contributed by atoms with Crippen molar-refractivity contribution in [2.24, 2.45) is 0 Å². The Hall–Kier alpha value is -7.49. The molecular formula is C56H37N3. The van der Waals surface area contributed by atoms with Crippen LogP contribution in [0.3, 0.4) is 0 Å². The van der Waals surface area contributed by atoms with E-state index in [1.165, 1.54) is 71.1 Å². The average molecular weight is 752 g/mol. The molecule has 11 aromatic rings. The second-order valence-electron chi connectivity index (χ2n) is 16.4. The number of aromatic nitrogens is 3. The third kappa shape index (κ3) is 5.32. The molecule has 0 spiro atoms. The van der Waals surface area contributed by atoms with Crippen LogP contribution in [0.1, 0.15) is 25.0 Å². The fourth-order valence-electron chi connectivity index (χ4n) is 9.60. The van der Waals surface area contributed by atoms with Crippen molar-refractivity contribution in [1.82, 2.24) is 15.0 Å². The summed E-state index contributed by atoms with van der Waals surface area (Å²) < 4.78 is 0. The Labute approximate surface area is 342 Å². The first kappa shape index (κ1) is 33.6. The zero-order valence-corrected chi connectivity index (χ0v) is 32.7. The first-order chi connectivity index (χ1) is 29.0. The van der Waals surface area contributed by atoms with Crippen LogP contribution in [-0.4, -0.2) is 15.0 Å². The van der Waals surface area contributed by atoms with E-state index in [0.29, 0.717) is 17.5 Å². The molecule has 276 valence electrons. The molecule has 0 unspecified atom stereocenters. The van der Waals surface area contributed by atoms with Crippen LogP contribution in [-0.2, 0) is 5.41 Å². The van der Waals surface area contributed by atoms with Crippen LogP contribution in [0.4, 0.5) is 0 Å². The zero-order valence-electron chi connectivity index (χ0n) is 32.7. The summed E-state index contributed by atoms with van der Waals surface area (Å²) in [5.74, 6) is 1.93. The lowest BCUT2D eigenvalue weighted by molar-refractivity contribution is 0.660. The van der Waals surface area contributed by atoms with Crippen molar-refractivity contribution in [3.63, 3.8) is 0 Å². The minimum Gasteiger partial charge on any atom is -0.208 e. The highest BCUT2D eigenvalue weighted by atomic mass is 15.0. The molecule has 1 aliphatic rings. The monoisotopic (exact) mass is 751 g/mol. The lowest BCUT2D eigenvalue weighted by Crippen LogP contribution is -2.14. The van der Waals surface area contributed by atoms with Crippen molar-refractivity contribution >= 4 is 53.9 Å². The van der Waals surface area contributed by atoms with Gasteiger partial charge in [-0.05, 0) is 112 Å². The molecule has 1 aliphatic carbocycles. The van der Waals surface area contributed by atoms with E-state index in [0.717, 1.165) is 32.8 Å². The minimum absolute atomic E-state index is 0.0823. The van der Waals surface area contributed by atoms with Crippen LogP contribution in [0.25, 0.3) is 110 Å². The number of hydrogen-bond donors (Lipinski definition) is 0. The summed E-state index contributed by atoms with van der Waals surface area (Å²) in [7, 11) is 0. The Kier molecular flexibility index (Phi) is 7.27. The molecule has 0 radical (unpaired) electrons. The third-order valence-electron chi connectivity index (χ3n) is 12.7. The molecular weight excluding hydrogens is 715 g/mol. The second-order valence-corrected chi connectivity index (χ2v) is 16.4. The van der Waals surface area contributed by atoms with Crippen molar-refractivity contribution < 1.29 is 0 Å². The van der Waals surface area contributed by atoms with Gasteiger partial charge in [0.1, 0.15) is 0 Å². The van der Waals surface area contributed by atoms with E-state index in [1.54, 1.807) is 0 Å². The maximum Gasteiger partial charge on any atom is 0.164 e. The van der Waals surface area contributed by atoms with Crippen LogP contribution < -0.4 is 0 Å².